The van der Waals surface area contributed by atoms with Crippen LogP contribution in [0.4, 0.5) is 20.6 Å². The van der Waals surface area contributed by atoms with Crippen molar-refractivity contribution in [3.63, 3.8) is 0 Å². The summed E-state index contributed by atoms with van der Waals surface area (Å²) in [6.45, 7) is 4.42. The second kappa shape index (κ2) is 16.4. The van der Waals surface area contributed by atoms with Crippen LogP contribution >= 0.6 is 11.6 Å². The third-order valence-corrected chi connectivity index (χ3v) is 8.44. The molecule has 45 heavy (non-hydrogen) atoms. The molecule has 4 N–H and O–H groups in total. The van der Waals surface area contributed by atoms with Crippen molar-refractivity contribution in [1.29, 1.82) is 5.26 Å². The minimum absolute atomic E-state index is 0.00976. The molecule has 1 aliphatic heterocycles. The van der Waals surface area contributed by atoms with Crippen LogP contribution in [-0.4, -0.2) is 48.7 Å². The van der Waals surface area contributed by atoms with Gasteiger partial charge in [-0.25, -0.2) is 9.18 Å². The van der Waals surface area contributed by atoms with E-state index in [2.05, 4.69) is 11.4 Å². The van der Waals surface area contributed by atoms with Gasteiger partial charge in [0.1, 0.15) is 11.9 Å². The number of rotatable bonds is 8. The molecule has 0 aromatic heterocycles. The Balaban J connectivity index is 0.00000133. The predicted molar refractivity (Wildman–Crippen MR) is 178 cm³/mol. The van der Waals surface area contributed by atoms with Crippen LogP contribution in [0.1, 0.15) is 69.1 Å². The van der Waals surface area contributed by atoms with E-state index >= 15 is 4.39 Å². The zero-order valence-electron chi connectivity index (χ0n) is 26.4. The molecule has 8 nitrogen and oxygen atoms in total. The number of hydrogen-bond donors (Lipinski definition) is 3. The zero-order chi connectivity index (χ0) is 33.1. The summed E-state index contributed by atoms with van der Waals surface area (Å²) in [5.41, 5.74) is 8.65. The lowest BCUT2D eigenvalue weighted by molar-refractivity contribution is -0.119. The molecule has 2 fully saturated rings. The van der Waals surface area contributed by atoms with E-state index in [0.717, 1.165) is 19.1 Å². The van der Waals surface area contributed by atoms with Crippen LogP contribution in [0.15, 0.2) is 66.7 Å². The molecule has 2 atom stereocenters. The quantitative estimate of drug-likeness (QED) is 0.245. The van der Waals surface area contributed by atoms with Gasteiger partial charge in [-0.1, -0.05) is 56.5 Å². The average molecular weight is 636 g/mol. The number of aliphatic hydroxyl groups excluding tert-OH is 1. The van der Waals surface area contributed by atoms with Crippen molar-refractivity contribution in [2.24, 2.45) is 11.7 Å². The van der Waals surface area contributed by atoms with Gasteiger partial charge in [0.05, 0.1) is 22.9 Å². The molecule has 1 aliphatic carbocycles. The van der Waals surface area contributed by atoms with E-state index < -0.39 is 23.3 Å². The van der Waals surface area contributed by atoms with Gasteiger partial charge in [0.25, 0.3) is 0 Å². The second-order valence-corrected chi connectivity index (χ2v) is 11.4. The van der Waals surface area contributed by atoms with Crippen molar-refractivity contribution >= 4 is 34.9 Å². The maximum atomic E-state index is 15.1. The number of benzene rings is 3. The van der Waals surface area contributed by atoms with Gasteiger partial charge in [-0.05, 0) is 91.3 Å². The highest BCUT2D eigenvalue weighted by molar-refractivity contribution is 6.30. The van der Waals surface area contributed by atoms with Crippen LogP contribution in [0.2, 0.25) is 5.02 Å². The Morgan fingerprint density at radius 3 is 2.40 bits per heavy atom. The molecule has 2 aliphatic rings. The fraction of sp³-hybridized carbons (Fsp3) is 0.400. The fourth-order valence-corrected chi connectivity index (χ4v) is 5.64. The Morgan fingerprint density at radius 1 is 1.09 bits per heavy atom. The first-order valence-electron chi connectivity index (χ1n) is 15.3. The van der Waals surface area contributed by atoms with E-state index in [9.17, 15) is 14.9 Å². The molecule has 1 saturated heterocycles. The Morgan fingerprint density at radius 2 is 1.76 bits per heavy atom. The Kier molecular flexibility index (Phi) is 12.9. The van der Waals surface area contributed by atoms with Gasteiger partial charge in [-0.3, -0.25) is 9.69 Å². The van der Waals surface area contributed by atoms with Crippen LogP contribution < -0.4 is 16.0 Å². The van der Waals surface area contributed by atoms with E-state index in [4.69, 9.17) is 22.4 Å². The standard InChI is InChI=1S/C32H33ClFN5O2.C2H6.CH4O/c1-38(26-12-10-25(33)11-13-26)31(41)39-17-3-6-29(39)30(40)37-28-19-24(9-14-27(28)34)32(36,16-15-21-7-8-21)23-5-2-4-22(18-23)20-35;2*1-2/h2,4-5,9-14,18-19,21,29H,3,6-8,15-17,36H2,1H3,(H,37,40);1-2H3;2H,1H3. The lowest BCUT2D eigenvalue weighted by Gasteiger charge is -2.32. The van der Waals surface area contributed by atoms with E-state index in [1.807, 2.05) is 19.9 Å². The Bertz CT molecular complexity index is 1490. The van der Waals surface area contributed by atoms with Crippen molar-refractivity contribution in [3.8, 4) is 6.07 Å². The molecule has 1 saturated carbocycles. The van der Waals surface area contributed by atoms with E-state index in [-0.39, 0.29) is 11.7 Å². The van der Waals surface area contributed by atoms with E-state index in [1.54, 1.807) is 61.6 Å². The molecular weight excluding hydrogens is 593 g/mol. The fourth-order valence-electron chi connectivity index (χ4n) is 5.51. The number of hydrogen-bond acceptors (Lipinski definition) is 5. The summed E-state index contributed by atoms with van der Waals surface area (Å²) in [5, 5.41) is 19.8. The third-order valence-electron chi connectivity index (χ3n) is 8.19. The minimum atomic E-state index is -0.973. The van der Waals surface area contributed by atoms with Crippen molar-refractivity contribution in [1.82, 2.24) is 4.90 Å². The maximum Gasteiger partial charge on any atom is 0.324 e. The first-order chi connectivity index (χ1) is 21.7. The van der Waals surface area contributed by atoms with Gasteiger partial charge in [-0.15, -0.1) is 0 Å². The summed E-state index contributed by atoms with van der Waals surface area (Å²) < 4.78 is 15.1. The first kappa shape index (κ1) is 35.5. The predicted octanol–water partition coefficient (Wildman–Crippen LogP) is 7.04. The average Bonchev–Trinajstić information content (AvgIpc) is 3.79. The number of nitrogens with zero attached hydrogens (tertiary/aromatic N) is 3. The Hall–Kier alpha value is -3.97. The highest BCUT2D eigenvalue weighted by atomic mass is 35.5. The number of anilines is 2. The number of likely N-dealkylation sites (tertiary alicyclic amines) is 1. The number of halogens is 2. The highest BCUT2D eigenvalue weighted by Gasteiger charge is 2.37. The van der Waals surface area contributed by atoms with Crippen molar-refractivity contribution in [3.05, 3.63) is 94.3 Å². The van der Waals surface area contributed by atoms with Crippen molar-refractivity contribution in [2.45, 2.75) is 64.0 Å². The molecule has 3 aromatic carbocycles. The number of nitrogens with two attached hydrogens (primary N) is 1. The number of urea groups is 1. The summed E-state index contributed by atoms with van der Waals surface area (Å²) in [5.74, 6) is -0.427. The molecule has 5 rings (SSSR count). The number of aliphatic hydroxyl groups is 1. The zero-order valence-corrected chi connectivity index (χ0v) is 27.1. The first-order valence-corrected chi connectivity index (χ1v) is 15.7. The summed E-state index contributed by atoms with van der Waals surface area (Å²) in [6, 6.07) is 19.7. The van der Waals surface area contributed by atoms with E-state index in [1.165, 1.54) is 28.7 Å². The van der Waals surface area contributed by atoms with Gasteiger partial charge < -0.3 is 21.1 Å². The number of nitrogens with one attached hydrogen (secondary N) is 1. The highest BCUT2D eigenvalue weighted by Crippen LogP contribution is 2.40. The number of amides is 3. The molecule has 10 heteroatoms. The maximum absolute atomic E-state index is 15.1. The van der Waals surface area contributed by atoms with Crippen LogP contribution in [0.5, 0.6) is 0 Å². The molecule has 240 valence electrons. The van der Waals surface area contributed by atoms with Crippen LogP contribution in [0.25, 0.3) is 0 Å². The largest absolute Gasteiger partial charge is 0.400 e. The van der Waals surface area contributed by atoms with Crippen LogP contribution in [0.3, 0.4) is 0 Å². The second-order valence-electron chi connectivity index (χ2n) is 11.0. The smallest absolute Gasteiger partial charge is 0.324 e. The third kappa shape index (κ3) is 8.60. The topological polar surface area (TPSA) is 123 Å². The van der Waals surface area contributed by atoms with Crippen LogP contribution in [-0.2, 0) is 10.3 Å². The van der Waals surface area contributed by atoms with Crippen molar-refractivity contribution in [2.75, 3.05) is 30.9 Å². The molecule has 0 spiro atoms. The molecule has 3 aromatic rings. The molecule has 2 unspecified atom stereocenters. The molecule has 1 heterocycles. The van der Waals surface area contributed by atoms with Gasteiger partial charge in [0.15, 0.2) is 0 Å². The lowest BCUT2D eigenvalue weighted by Crippen LogP contribution is -2.48. The minimum Gasteiger partial charge on any atom is -0.400 e. The summed E-state index contributed by atoms with van der Waals surface area (Å²) >= 11 is 5.98. The SMILES string of the molecule is CC.CN(C(=O)N1CCCC1C(=O)Nc1cc(C(N)(CCC2CC2)c2cccc(C#N)c2)ccc1F)c1ccc(Cl)cc1.CO. The van der Waals surface area contributed by atoms with Gasteiger partial charge >= 0.3 is 6.03 Å². The van der Waals surface area contributed by atoms with Gasteiger partial charge in [0, 0.05) is 31.4 Å². The molecule has 3 amide bonds. The number of carbonyl (C=O) groups excluding carboxylic acids is 2. The van der Waals surface area contributed by atoms with Gasteiger partial charge in [-0.2, -0.15) is 5.26 Å². The lowest BCUT2D eigenvalue weighted by atomic mass is 9.79. The molecular formula is C35H43ClFN5O3. The summed E-state index contributed by atoms with van der Waals surface area (Å²) in [7, 11) is 2.64. The van der Waals surface area contributed by atoms with Gasteiger partial charge in [0.2, 0.25) is 5.91 Å². The number of nitriles is 1. The Labute approximate surface area is 270 Å². The summed E-state index contributed by atoms with van der Waals surface area (Å²) in [6.07, 6.45) is 4.99. The van der Waals surface area contributed by atoms with Crippen molar-refractivity contribution < 1.29 is 19.1 Å². The monoisotopic (exact) mass is 635 g/mol. The summed E-state index contributed by atoms with van der Waals surface area (Å²) in [4.78, 5) is 29.8. The normalized spacial score (nSPS) is 16.6. The molecule has 0 radical (unpaired) electrons. The van der Waals surface area contributed by atoms with E-state index in [0.29, 0.717) is 53.6 Å². The number of carbonyl (C=O) groups is 2. The van der Waals surface area contributed by atoms with Crippen LogP contribution in [0, 0.1) is 23.1 Å². The molecule has 0 bridgehead atoms.